The van der Waals surface area contributed by atoms with Crippen LogP contribution in [0.2, 0.25) is 5.15 Å². The number of anilines is 1. The quantitative estimate of drug-likeness (QED) is 0.559. The summed E-state index contributed by atoms with van der Waals surface area (Å²) in [7, 11) is 0. The first-order chi connectivity index (χ1) is 11.3. The second-order valence-corrected chi connectivity index (χ2v) is 4.99. The van der Waals surface area contributed by atoms with Crippen molar-refractivity contribution in [1.82, 2.24) is 10.2 Å². The Hall–Kier alpha value is -2.92. The van der Waals surface area contributed by atoms with E-state index in [1.165, 1.54) is 0 Å². The Morgan fingerprint density at radius 1 is 0.913 bits per heavy atom. The van der Waals surface area contributed by atoms with E-state index in [1.54, 1.807) is 18.3 Å². The second-order valence-electron chi connectivity index (χ2n) is 4.60. The number of hydrogen-bond donors (Lipinski definition) is 1. The van der Waals surface area contributed by atoms with Crippen LogP contribution in [0.15, 0.2) is 71.8 Å². The van der Waals surface area contributed by atoms with Crippen LogP contribution in [0.25, 0.3) is 0 Å². The predicted molar refractivity (Wildman–Crippen MR) is 91.2 cm³/mol. The van der Waals surface area contributed by atoms with E-state index in [0.717, 1.165) is 11.3 Å². The number of nitrogens with one attached hydrogen (secondary N) is 1. The fraction of sp³-hybridized carbons (Fsp3) is 0. The Labute approximate surface area is 138 Å². The summed E-state index contributed by atoms with van der Waals surface area (Å²) < 4.78 is 5.57. The third-order valence-corrected chi connectivity index (χ3v) is 3.09. The largest absolute Gasteiger partial charge is 0.438 e. The molecule has 23 heavy (non-hydrogen) atoms. The minimum atomic E-state index is 0.329. The molecule has 1 heterocycles. The molecule has 1 N–H and O–H groups in total. The molecule has 2 aromatic carbocycles. The highest BCUT2D eigenvalue weighted by atomic mass is 35.5. The summed E-state index contributed by atoms with van der Waals surface area (Å²) in [6.45, 7) is 0. The summed E-state index contributed by atoms with van der Waals surface area (Å²) in [5, 5.41) is 12.1. The van der Waals surface area contributed by atoms with E-state index in [1.807, 2.05) is 54.6 Å². The van der Waals surface area contributed by atoms with Gasteiger partial charge >= 0.3 is 0 Å². The molecule has 114 valence electrons. The van der Waals surface area contributed by atoms with Crippen molar-refractivity contribution in [2.75, 3.05) is 5.43 Å². The zero-order chi connectivity index (χ0) is 15.9. The summed E-state index contributed by atoms with van der Waals surface area (Å²) in [4.78, 5) is 0. The van der Waals surface area contributed by atoms with Crippen LogP contribution in [0.1, 0.15) is 5.56 Å². The van der Waals surface area contributed by atoms with Gasteiger partial charge in [0, 0.05) is 6.07 Å². The zero-order valence-electron chi connectivity index (χ0n) is 12.1. The summed E-state index contributed by atoms with van der Waals surface area (Å²) in [6, 6.07) is 20.5. The van der Waals surface area contributed by atoms with Crippen molar-refractivity contribution in [3.05, 3.63) is 77.4 Å². The van der Waals surface area contributed by atoms with Gasteiger partial charge in [-0.1, -0.05) is 29.8 Å². The van der Waals surface area contributed by atoms with Crippen molar-refractivity contribution >= 4 is 23.5 Å². The minimum absolute atomic E-state index is 0.329. The SMILES string of the molecule is Clc1ccc(Oc2ccc(C=NNc3ccccc3)cc2)nn1. The molecule has 0 unspecified atom stereocenters. The number of ether oxygens (including phenoxy) is 1. The van der Waals surface area contributed by atoms with Gasteiger partial charge in [0.15, 0.2) is 5.15 Å². The summed E-state index contributed by atoms with van der Waals surface area (Å²) in [6.07, 6.45) is 1.73. The molecule has 0 radical (unpaired) electrons. The molecular weight excluding hydrogens is 312 g/mol. The molecule has 1 aromatic heterocycles. The van der Waals surface area contributed by atoms with Crippen LogP contribution in [-0.4, -0.2) is 16.4 Å². The van der Waals surface area contributed by atoms with E-state index in [0.29, 0.717) is 16.8 Å². The van der Waals surface area contributed by atoms with Crippen LogP contribution < -0.4 is 10.2 Å². The normalized spacial score (nSPS) is 10.7. The van der Waals surface area contributed by atoms with E-state index in [9.17, 15) is 0 Å². The van der Waals surface area contributed by atoms with Crippen molar-refractivity contribution in [3.63, 3.8) is 0 Å². The van der Waals surface area contributed by atoms with Crippen molar-refractivity contribution < 1.29 is 4.74 Å². The molecule has 0 aliphatic rings. The molecule has 0 bridgehead atoms. The fourth-order valence-electron chi connectivity index (χ4n) is 1.79. The maximum atomic E-state index is 5.68. The molecule has 0 aliphatic carbocycles. The number of aromatic nitrogens is 2. The van der Waals surface area contributed by atoms with Crippen molar-refractivity contribution in [2.45, 2.75) is 0 Å². The van der Waals surface area contributed by atoms with Crippen LogP contribution in [0, 0.1) is 0 Å². The summed E-state index contributed by atoms with van der Waals surface area (Å²) >= 11 is 5.68. The van der Waals surface area contributed by atoms with Gasteiger partial charge in [-0.15, -0.1) is 10.2 Å². The number of benzene rings is 2. The van der Waals surface area contributed by atoms with Gasteiger partial charge in [-0.3, -0.25) is 5.43 Å². The monoisotopic (exact) mass is 324 g/mol. The second kappa shape index (κ2) is 7.38. The van der Waals surface area contributed by atoms with E-state index >= 15 is 0 Å². The molecule has 0 atom stereocenters. The first kappa shape index (κ1) is 15.0. The molecule has 0 spiro atoms. The number of hydrogen-bond acceptors (Lipinski definition) is 5. The lowest BCUT2D eigenvalue weighted by atomic mass is 10.2. The van der Waals surface area contributed by atoms with Gasteiger partial charge in [0.05, 0.1) is 11.9 Å². The average Bonchev–Trinajstić information content (AvgIpc) is 2.59. The Morgan fingerprint density at radius 2 is 1.70 bits per heavy atom. The maximum absolute atomic E-state index is 5.68. The average molecular weight is 325 g/mol. The predicted octanol–water partition coefficient (Wildman–Crippen LogP) is 4.37. The van der Waals surface area contributed by atoms with Crippen LogP contribution in [-0.2, 0) is 0 Å². The maximum Gasteiger partial charge on any atom is 0.238 e. The van der Waals surface area contributed by atoms with Crippen LogP contribution in [0.3, 0.4) is 0 Å². The van der Waals surface area contributed by atoms with Crippen molar-refractivity contribution in [1.29, 1.82) is 0 Å². The molecule has 0 fully saturated rings. The van der Waals surface area contributed by atoms with Gasteiger partial charge in [0.2, 0.25) is 5.88 Å². The van der Waals surface area contributed by atoms with Crippen molar-refractivity contribution in [3.8, 4) is 11.6 Å². The molecule has 0 amide bonds. The van der Waals surface area contributed by atoms with Gasteiger partial charge < -0.3 is 4.74 Å². The standard InChI is InChI=1S/C17H13ClN4O/c18-16-10-11-17(22-21-16)23-15-8-6-13(7-9-15)12-19-20-14-4-2-1-3-5-14/h1-12,20H. The molecule has 5 nitrogen and oxygen atoms in total. The van der Waals surface area contributed by atoms with Gasteiger partial charge in [0.25, 0.3) is 0 Å². The van der Waals surface area contributed by atoms with E-state index < -0.39 is 0 Å². The van der Waals surface area contributed by atoms with Gasteiger partial charge in [-0.25, -0.2) is 0 Å². The molecule has 0 saturated carbocycles. The van der Waals surface area contributed by atoms with Gasteiger partial charge in [0.1, 0.15) is 5.75 Å². The highest BCUT2D eigenvalue weighted by Crippen LogP contribution is 2.19. The highest BCUT2D eigenvalue weighted by Gasteiger charge is 1.99. The smallest absolute Gasteiger partial charge is 0.238 e. The first-order valence-electron chi connectivity index (χ1n) is 6.91. The minimum Gasteiger partial charge on any atom is -0.438 e. The molecular formula is C17H13ClN4O. The molecule has 6 heteroatoms. The topological polar surface area (TPSA) is 59.4 Å². The van der Waals surface area contributed by atoms with Crippen LogP contribution in [0.5, 0.6) is 11.6 Å². The Kier molecular flexibility index (Phi) is 4.81. The van der Waals surface area contributed by atoms with E-state index in [-0.39, 0.29) is 0 Å². The number of nitrogens with zero attached hydrogens (tertiary/aromatic N) is 3. The van der Waals surface area contributed by atoms with E-state index in [2.05, 4.69) is 20.7 Å². The Balaban J connectivity index is 1.59. The van der Waals surface area contributed by atoms with Gasteiger partial charge in [-0.05, 0) is 48.0 Å². The number of halogens is 1. The van der Waals surface area contributed by atoms with Crippen LogP contribution in [0.4, 0.5) is 5.69 Å². The molecule has 3 rings (SSSR count). The number of rotatable bonds is 5. The summed E-state index contributed by atoms with van der Waals surface area (Å²) in [5.74, 6) is 1.05. The molecule has 3 aromatic rings. The Bertz CT molecular complexity index is 774. The lowest BCUT2D eigenvalue weighted by molar-refractivity contribution is 0.455. The van der Waals surface area contributed by atoms with Gasteiger partial charge in [-0.2, -0.15) is 5.10 Å². The first-order valence-corrected chi connectivity index (χ1v) is 7.29. The fourth-order valence-corrected chi connectivity index (χ4v) is 1.90. The zero-order valence-corrected chi connectivity index (χ0v) is 12.8. The third-order valence-electron chi connectivity index (χ3n) is 2.89. The molecule has 0 saturated heterocycles. The summed E-state index contributed by atoms with van der Waals surface area (Å²) in [5.41, 5.74) is 4.84. The van der Waals surface area contributed by atoms with Crippen LogP contribution >= 0.6 is 11.6 Å². The lowest BCUT2D eigenvalue weighted by Gasteiger charge is -2.04. The number of hydrazone groups is 1. The third kappa shape index (κ3) is 4.52. The lowest BCUT2D eigenvalue weighted by Crippen LogP contribution is -1.92. The number of para-hydroxylation sites is 1. The van der Waals surface area contributed by atoms with E-state index in [4.69, 9.17) is 16.3 Å². The molecule has 0 aliphatic heterocycles. The Morgan fingerprint density at radius 3 is 2.39 bits per heavy atom. The highest BCUT2D eigenvalue weighted by molar-refractivity contribution is 6.29. The van der Waals surface area contributed by atoms with Crippen molar-refractivity contribution in [2.24, 2.45) is 5.10 Å².